The van der Waals surface area contributed by atoms with Crippen molar-refractivity contribution in [3.8, 4) is 0 Å². The van der Waals surface area contributed by atoms with Crippen LogP contribution in [0, 0.1) is 20.8 Å². The first-order valence-corrected chi connectivity index (χ1v) is 5.14. The van der Waals surface area contributed by atoms with Crippen LogP contribution >= 0.6 is 0 Å². The molecule has 2 N–H and O–H groups in total. The van der Waals surface area contributed by atoms with Crippen molar-refractivity contribution in [3.63, 3.8) is 0 Å². The van der Waals surface area contributed by atoms with Crippen LogP contribution in [-0.2, 0) is 13.1 Å². The fraction of sp³-hybridized carbons (Fsp3) is 0.500. The summed E-state index contributed by atoms with van der Waals surface area (Å²) >= 11 is 0. The van der Waals surface area contributed by atoms with Gasteiger partial charge in [-0.1, -0.05) is 10.3 Å². The number of nitrogens with zero attached hydrogens (tertiary/aromatic N) is 4. The maximum atomic E-state index is 5.67. The van der Waals surface area contributed by atoms with Crippen molar-refractivity contribution >= 4 is 0 Å². The summed E-state index contributed by atoms with van der Waals surface area (Å²) in [5.74, 6) is 0. The largest absolute Gasteiger partial charge is 0.326 e. The Labute approximate surface area is 93.4 Å². The molecule has 0 aliphatic heterocycles. The van der Waals surface area contributed by atoms with Crippen LogP contribution in [0.5, 0.6) is 0 Å². The third-order valence-corrected chi connectivity index (χ3v) is 2.78. The number of nitrogens with two attached hydrogens (primary N) is 1. The number of aromatic nitrogens is 4. The predicted octanol–water partition coefficient (Wildman–Crippen LogP) is 0.698. The highest BCUT2D eigenvalue weighted by Gasteiger charge is 2.13. The number of hydrogen-bond donors (Lipinski definition) is 1. The van der Waals surface area contributed by atoms with Crippen LogP contribution in [0.25, 0.3) is 0 Å². The van der Waals surface area contributed by atoms with E-state index < -0.39 is 0 Å². The van der Waals surface area contributed by atoms with Crippen molar-refractivity contribution in [2.75, 3.05) is 0 Å². The first-order valence-electron chi connectivity index (χ1n) is 5.14. The molecular formula is C10H15N5O. The lowest BCUT2D eigenvalue weighted by atomic mass is 10.2. The lowest BCUT2D eigenvalue weighted by molar-refractivity contribution is 0.300. The summed E-state index contributed by atoms with van der Waals surface area (Å²) in [6, 6.07) is 0. The Bertz CT molecular complexity index is 499. The second kappa shape index (κ2) is 4.05. The molecule has 2 aromatic heterocycles. The maximum Gasteiger partial charge on any atom is 0.129 e. The van der Waals surface area contributed by atoms with Crippen molar-refractivity contribution in [3.05, 3.63) is 28.3 Å². The smallest absolute Gasteiger partial charge is 0.129 e. The lowest BCUT2D eigenvalue weighted by Crippen LogP contribution is -2.06. The molecule has 0 saturated carbocycles. The Morgan fingerprint density at radius 2 is 1.94 bits per heavy atom. The van der Waals surface area contributed by atoms with Crippen LogP contribution in [0.15, 0.2) is 4.63 Å². The van der Waals surface area contributed by atoms with Crippen LogP contribution in [0.1, 0.15) is 28.3 Å². The number of rotatable bonds is 3. The van der Waals surface area contributed by atoms with E-state index in [2.05, 4.69) is 20.0 Å². The molecule has 0 amide bonds. The predicted molar refractivity (Wildman–Crippen MR) is 57.7 cm³/mol. The molecule has 0 spiro atoms. The Hall–Kier alpha value is -1.69. The molecule has 0 radical (unpaired) electrons. The van der Waals surface area contributed by atoms with Gasteiger partial charge in [0.15, 0.2) is 0 Å². The molecule has 2 rings (SSSR count). The van der Waals surface area contributed by atoms with E-state index >= 15 is 0 Å². The fourth-order valence-corrected chi connectivity index (χ4v) is 1.72. The van der Waals surface area contributed by atoms with Gasteiger partial charge < -0.3 is 5.73 Å². The molecule has 0 atom stereocenters. The van der Waals surface area contributed by atoms with Gasteiger partial charge in [0, 0.05) is 17.8 Å². The van der Waals surface area contributed by atoms with E-state index in [-0.39, 0.29) is 0 Å². The first kappa shape index (κ1) is 10.8. The summed E-state index contributed by atoms with van der Waals surface area (Å²) in [7, 11) is 0. The molecule has 2 heterocycles. The van der Waals surface area contributed by atoms with E-state index in [9.17, 15) is 0 Å². The second-order valence-electron chi connectivity index (χ2n) is 3.81. The standard InChI is InChI=1S/C10H15N5O/c1-6-9(4-11)8(3)15(12-6)5-10-7(2)13-16-14-10/h4-5,11H2,1-3H3. The van der Waals surface area contributed by atoms with Gasteiger partial charge in [0.25, 0.3) is 0 Å². The Balaban J connectivity index is 2.32. The maximum absolute atomic E-state index is 5.67. The zero-order valence-electron chi connectivity index (χ0n) is 9.69. The van der Waals surface area contributed by atoms with Gasteiger partial charge in [0.05, 0.1) is 12.2 Å². The van der Waals surface area contributed by atoms with Crippen LogP contribution in [0.3, 0.4) is 0 Å². The summed E-state index contributed by atoms with van der Waals surface area (Å²) in [5, 5.41) is 12.0. The molecule has 2 aromatic rings. The minimum absolute atomic E-state index is 0.508. The molecule has 6 nitrogen and oxygen atoms in total. The summed E-state index contributed by atoms with van der Waals surface area (Å²) in [6.45, 7) is 6.90. The van der Waals surface area contributed by atoms with E-state index in [1.54, 1.807) is 0 Å². The topological polar surface area (TPSA) is 82.8 Å². The highest BCUT2D eigenvalue weighted by atomic mass is 16.6. The minimum atomic E-state index is 0.508. The monoisotopic (exact) mass is 221 g/mol. The Kier molecular flexibility index (Phi) is 2.74. The SMILES string of the molecule is Cc1nonc1Cn1nc(C)c(CN)c1C. The van der Waals surface area contributed by atoms with Crippen molar-refractivity contribution in [1.29, 1.82) is 0 Å². The zero-order valence-corrected chi connectivity index (χ0v) is 9.69. The Morgan fingerprint density at radius 1 is 1.19 bits per heavy atom. The van der Waals surface area contributed by atoms with Gasteiger partial charge in [-0.2, -0.15) is 5.10 Å². The average molecular weight is 221 g/mol. The van der Waals surface area contributed by atoms with Gasteiger partial charge in [-0.15, -0.1) is 0 Å². The summed E-state index contributed by atoms with van der Waals surface area (Å²) in [4.78, 5) is 0. The highest BCUT2D eigenvalue weighted by molar-refractivity contribution is 5.24. The quantitative estimate of drug-likeness (QED) is 0.824. The fourth-order valence-electron chi connectivity index (χ4n) is 1.72. The van der Waals surface area contributed by atoms with Gasteiger partial charge in [-0.3, -0.25) is 4.68 Å². The first-order chi connectivity index (χ1) is 7.63. The van der Waals surface area contributed by atoms with Crippen LogP contribution in [0.2, 0.25) is 0 Å². The minimum Gasteiger partial charge on any atom is -0.326 e. The van der Waals surface area contributed by atoms with Gasteiger partial charge >= 0.3 is 0 Å². The van der Waals surface area contributed by atoms with Gasteiger partial charge in [0.1, 0.15) is 11.4 Å². The van der Waals surface area contributed by atoms with Crippen molar-refractivity contribution in [1.82, 2.24) is 20.1 Å². The van der Waals surface area contributed by atoms with Crippen molar-refractivity contribution in [2.24, 2.45) is 5.73 Å². The van der Waals surface area contributed by atoms with Gasteiger partial charge in [-0.05, 0) is 20.8 Å². The molecule has 6 heteroatoms. The molecule has 16 heavy (non-hydrogen) atoms. The third kappa shape index (κ3) is 1.71. The van der Waals surface area contributed by atoms with E-state index in [0.717, 1.165) is 28.3 Å². The number of aryl methyl sites for hydroxylation is 2. The van der Waals surface area contributed by atoms with E-state index in [0.29, 0.717) is 13.1 Å². The molecule has 0 fully saturated rings. The van der Waals surface area contributed by atoms with Crippen LogP contribution < -0.4 is 5.73 Å². The molecule has 86 valence electrons. The molecule has 0 aromatic carbocycles. The third-order valence-electron chi connectivity index (χ3n) is 2.78. The Morgan fingerprint density at radius 3 is 2.44 bits per heavy atom. The van der Waals surface area contributed by atoms with Gasteiger partial charge in [-0.25, -0.2) is 4.63 Å². The summed E-state index contributed by atoms with van der Waals surface area (Å²) < 4.78 is 6.53. The molecule has 0 unspecified atom stereocenters. The van der Waals surface area contributed by atoms with Crippen LogP contribution in [0.4, 0.5) is 0 Å². The summed E-state index contributed by atoms with van der Waals surface area (Å²) in [6.07, 6.45) is 0. The number of hydrogen-bond acceptors (Lipinski definition) is 5. The van der Waals surface area contributed by atoms with Crippen LogP contribution in [-0.4, -0.2) is 20.1 Å². The van der Waals surface area contributed by atoms with Crippen molar-refractivity contribution < 1.29 is 4.63 Å². The summed E-state index contributed by atoms with van der Waals surface area (Å²) in [5.41, 5.74) is 10.4. The van der Waals surface area contributed by atoms with E-state index in [1.807, 2.05) is 25.5 Å². The van der Waals surface area contributed by atoms with E-state index in [1.165, 1.54) is 0 Å². The van der Waals surface area contributed by atoms with E-state index in [4.69, 9.17) is 5.73 Å². The molecule has 0 aliphatic rings. The lowest BCUT2D eigenvalue weighted by Gasteiger charge is -2.02. The molecule has 0 aliphatic carbocycles. The zero-order chi connectivity index (χ0) is 11.7. The highest BCUT2D eigenvalue weighted by Crippen LogP contribution is 2.14. The molecule has 0 saturated heterocycles. The van der Waals surface area contributed by atoms with Gasteiger partial charge in [0.2, 0.25) is 0 Å². The average Bonchev–Trinajstić information content (AvgIpc) is 2.74. The molecule has 0 bridgehead atoms. The normalized spacial score (nSPS) is 11.0. The molecular weight excluding hydrogens is 206 g/mol. The second-order valence-corrected chi connectivity index (χ2v) is 3.81. The van der Waals surface area contributed by atoms with Crippen molar-refractivity contribution in [2.45, 2.75) is 33.9 Å².